The third-order valence-corrected chi connectivity index (χ3v) is 6.59. The summed E-state index contributed by atoms with van der Waals surface area (Å²) in [7, 11) is 0. The Morgan fingerprint density at radius 3 is 2.60 bits per heavy atom. The molecule has 2 aromatic rings. The molecule has 6 heteroatoms. The van der Waals surface area contributed by atoms with Gasteiger partial charge in [-0.1, -0.05) is 13.3 Å². The van der Waals surface area contributed by atoms with E-state index in [1.807, 2.05) is 0 Å². The molecule has 30 heavy (non-hydrogen) atoms. The van der Waals surface area contributed by atoms with Crippen molar-refractivity contribution in [1.29, 1.82) is 0 Å². The molecule has 0 spiro atoms. The lowest BCUT2D eigenvalue weighted by Crippen LogP contribution is -2.44. The average Bonchev–Trinajstić information content (AvgIpc) is 2.72. The van der Waals surface area contributed by atoms with E-state index in [0.29, 0.717) is 29.4 Å². The van der Waals surface area contributed by atoms with E-state index in [9.17, 15) is 9.18 Å². The number of piperidine rings is 1. The molecule has 0 atom stereocenters. The Labute approximate surface area is 176 Å². The minimum absolute atomic E-state index is 0.0796. The number of halogens is 1. The highest BCUT2D eigenvalue weighted by Gasteiger charge is 2.34. The van der Waals surface area contributed by atoms with E-state index < -0.39 is 11.8 Å². The smallest absolute Gasteiger partial charge is 0.335 e. The third-order valence-electron chi connectivity index (χ3n) is 6.59. The average molecular weight is 413 g/mol. The Bertz CT molecular complexity index is 888. The molecule has 1 saturated carbocycles. The molecule has 1 aliphatic heterocycles. The second-order valence-electron chi connectivity index (χ2n) is 9.07. The van der Waals surface area contributed by atoms with Gasteiger partial charge in [0.1, 0.15) is 11.6 Å². The van der Waals surface area contributed by atoms with Crippen LogP contribution in [0.15, 0.2) is 36.5 Å². The zero-order chi connectivity index (χ0) is 21.1. The molecule has 0 radical (unpaired) electrons. The van der Waals surface area contributed by atoms with Crippen LogP contribution in [0, 0.1) is 17.2 Å². The molecule has 1 N–H and O–H groups in total. The van der Waals surface area contributed by atoms with Gasteiger partial charge in [-0.3, -0.25) is 4.98 Å². The Balaban J connectivity index is 1.27. The van der Waals surface area contributed by atoms with Gasteiger partial charge in [0.2, 0.25) is 0 Å². The summed E-state index contributed by atoms with van der Waals surface area (Å²) in [5.41, 5.74) is 1.20. The molecule has 0 amide bonds. The largest absolute Gasteiger partial charge is 0.492 e. The summed E-state index contributed by atoms with van der Waals surface area (Å²) in [4.78, 5) is 17.8. The number of ether oxygens (including phenoxy) is 1. The van der Waals surface area contributed by atoms with Crippen LogP contribution in [-0.2, 0) is 0 Å². The van der Waals surface area contributed by atoms with Crippen molar-refractivity contribution >= 4 is 5.97 Å². The number of aromatic nitrogens is 1. The molecule has 160 valence electrons. The van der Waals surface area contributed by atoms with Crippen LogP contribution in [0.25, 0.3) is 11.3 Å². The topological polar surface area (TPSA) is 62.7 Å². The van der Waals surface area contributed by atoms with Crippen LogP contribution in [0.5, 0.6) is 5.75 Å². The number of hydrogen-bond donors (Lipinski definition) is 1. The van der Waals surface area contributed by atoms with E-state index in [-0.39, 0.29) is 11.1 Å². The van der Waals surface area contributed by atoms with E-state index in [1.165, 1.54) is 37.9 Å². The zero-order valence-electron chi connectivity index (χ0n) is 17.4. The van der Waals surface area contributed by atoms with Gasteiger partial charge in [0.25, 0.3) is 0 Å². The van der Waals surface area contributed by atoms with Crippen LogP contribution < -0.4 is 4.74 Å². The minimum Gasteiger partial charge on any atom is -0.492 e. The molecular weight excluding hydrogens is 383 g/mol. The van der Waals surface area contributed by atoms with Crippen LogP contribution in [0.2, 0.25) is 0 Å². The molecular formula is C24H29FN2O3. The number of hydrogen-bond acceptors (Lipinski definition) is 4. The molecule has 5 nitrogen and oxygen atoms in total. The number of pyridine rings is 1. The van der Waals surface area contributed by atoms with Gasteiger partial charge in [0.15, 0.2) is 0 Å². The second-order valence-corrected chi connectivity index (χ2v) is 9.07. The van der Waals surface area contributed by atoms with Gasteiger partial charge < -0.3 is 14.7 Å². The first-order chi connectivity index (χ1) is 14.4. The van der Waals surface area contributed by atoms with Crippen LogP contribution >= 0.6 is 0 Å². The SMILES string of the molecule is CC1(CN2CCC(COc3ccc(-c4ccc(C(=O)O)cc4F)nc3)CC2)CCC1. The maximum atomic E-state index is 14.2. The summed E-state index contributed by atoms with van der Waals surface area (Å²) in [6, 6.07) is 7.33. The molecule has 2 fully saturated rings. The van der Waals surface area contributed by atoms with Crippen molar-refractivity contribution in [2.45, 2.75) is 39.0 Å². The maximum absolute atomic E-state index is 14.2. The Morgan fingerprint density at radius 1 is 1.27 bits per heavy atom. The minimum atomic E-state index is -1.15. The first kappa shape index (κ1) is 20.8. The van der Waals surface area contributed by atoms with Gasteiger partial charge in [-0.2, -0.15) is 0 Å². The van der Waals surface area contributed by atoms with Gasteiger partial charge in [-0.25, -0.2) is 9.18 Å². The number of rotatable bonds is 7. The van der Waals surface area contributed by atoms with Crippen molar-refractivity contribution in [3.05, 3.63) is 47.9 Å². The fourth-order valence-electron chi connectivity index (χ4n) is 4.48. The van der Waals surface area contributed by atoms with Crippen molar-refractivity contribution in [1.82, 2.24) is 9.88 Å². The monoisotopic (exact) mass is 412 g/mol. The number of carbonyl (C=O) groups is 1. The molecule has 1 aliphatic carbocycles. The number of benzene rings is 1. The fraction of sp³-hybridized carbons (Fsp3) is 0.500. The van der Waals surface area contributed by atoms with E-state index in [1.54, 1.807) is 18.3 Å². The lowest BCUT2D eigenvalue weighted by molar-refractivity contribution is 0.0564. The van der Waals surface area contributed by atoms with Crippen molar-refractivity contribution in [2.75, 3.05) is 26.2 Å². The van der Waals surface area contributed by atoms with Crippen molar-refractivity contribution in [3.8, 4) is 17.0 Å². The predicted octanol–water partition coefficient (Wildman–Crippen LogP) is 4.87. The first-order valence-electron chi connectivity index (χ1n) is 10.8. The highest BCUT2D eigenvalue weighted by Crippen LogP contribution is 2.41. The molecule has 1 saturated heterocycles. The van der Waals surface area contributed by atoms with Gasteiger partial charge in [0, 0.05) is 12.1 Å². The highest BCUT2D eigenvalue weighted by molar-refractivity contribution is 5.88. The quantitative estimate of drug-likeness (QED) is 0.703. The molecule has 2 heterocycles. The Morgan fingerprint density at radius 2 is 2.03 bits per heavy atom. The van der Waals surface area contributed by atoms with Crippen LogP contribution in [-0.4, -0.2) is 47.2 Å². The summed E-state index contributed by atoms with van der Waals surface area (Å²) < 4.78 is 20.1. The van der Waals surface area contributed by atoms with Gasteiger partial charge >= 0.3 is 5.97 Å². The number of carboxylic acid groups (broad SMARTS) is 1. The predicted molar refractivity (Wildman–Crippen MR) is 113 cm³/mol. The van der Waals surface area contributed by atoms with Gasteiger partial charge in [-0.15, -0.1) is 0 Å². The summed E-state index contributed by atoms with van der Waals surface area (Å²) >= 11 is 0. The Kier molecular flexibility index (Phi) is 6.04. The lowest BCUT2D eigenvalue weighted by atomic mass is 9.70. The highest BCUT2D eigenvalue weighted by atomic mass is 19.1. The van der Waals surface area contributed by atoms with E-state index in [2.05, 4.69) is 16.8 Å². The summed E-state index contributed by atoms with van der Waals surface area (Å²) in [5, 5.41) is 8.95. The standard InChI is InChI=1S/C24H29FN2O3/c1-24(9-2-10-24)16-27-11-7-17(8-12-27)15-30-19-4-6-22(26-14-19)20-5-3-18(23(28)29)13-21(20)25/h3-6,13-14,17H,2,7-12,15-16H2,1H3,(H,28,29). The summed E-state index contributed by atoms with van der Waals surface area (Å²) in [6.45, 7) is 6.61. The summed E-state index contributed by atoms with van der Waals surface area (Å²) in [5.74, 6) is -0.527. The Hall–Kier alpha value is -2.47. The third kappa shape index (κ3) is 4.81. The molecule has 0 unspecified atom stereocenters. The molecule has 1 aromatic carbocycles. The van der Waals surface area contributed by atoms with E-state index in [4.69, 9.17) is 9.84 Å². The molecule has 1 aromatic heterocycles. The number of aromatic carboxylic acids is 1. The van der Waals surface area contributed by atoms with Crippen molar-refractivity contribution in [3.63, 3.8) is 0 Å². The van der Waals surface area contributed by atoms with Crippen molar-refractivity contribution in [2.24, 2.45) is 11.3 Å². The first-order valence-corrected chi connectivity index (χ1v) is 10.8. The van der Waals surface area contributed by atoms with Crippen LogP contribution in [0.3, 0.4) is 0 Å². The van der Waals surface area contributed by atoms with E-state index >= 15 is 0 Å². The van der Waals surface area contributed by atoms with Gasteiger partial charge in [0.05, 0.1) is 24.1 Å². The van der Waals surface area contributed by atoms with Crippen LogP contribution in [0.1, 0.15) is 49.4 Å². The maximum Gasteiger partial charge on any atom is 0.335 e. The number of carboxylic acids is 1. The number of nitrogens with zero attached hydrogens (tertiary/aromatic N) is 2. The molecule has 4 rings (SSSR count). The number of likely N-dealkylation sites (tertiary alicyclic amines) is 1. The van der Waals surface area contributed by atoms with E-state index in [0.717, 1.165) is 32.0 Å². The van der Waals surface area contributed by atoms with Crippen molar-refractivity contribution < 1.29 is 19.0 Å². The van der Waals surface area contributed by atoms with Crippen LogP contribution in [0.4, 0.5) is 4.39 Å². The lowest BCUT2D eigenvalue weighted by Gasteiger charge is -2.44. The van der Waals surface area contributed by atoms with Gasteiger partial charge in [-0.05, 0) is 80.4 Å². The normalized spacial score (nSPS) is 19.3. The second kappa shape index (κ2) is 8.72. The summed E-state index contributed by atoms with van der Waals surface area (Å²) in [6.07, 6.45) is 8.03. The molecule has 0 bridgehead atoms. The fourth-order valence-corrected chi connectivity index (χ4v) is 4.48. The zero-order valence-corrected chi connectivity index (χ0v) is 17.4. The molecule has 2 aliphatic rings.